The number of sulfonamides is 1. The van der Waals surface area contributed by atoms with Gasteiger partial charge in [-0.3, -0.25) is 23.7 Å². The number of nitrogens with zero attached hydrogens (tertiary/aromatic N) is 4. The minimum atomic E-state index is -5.20. The minimum absolute atomic E-state index is 0.00123. The van der Waals surface area contributed by atoms with Crippen molar-refractivity contribution in [3.05, 3.63) is 69.1 Å². The van der Waals surface area contributed by atoms with Crippen molar-refractivity contribution in [2.75, 3.05) is 12.3 Å². The number of aromatic hydroxyl groups is 1. The molecule has 4 rings (SSSR count). The molecule has 2 atom stereocenters. The number of oxime groups is 1. The Kier molecular flexibility index (Phi) is 10.7. The Bertz CT molecular complexity index is 2200. The van der Waals surface area contributed by atoms with Crippen LogP contribution < -0.4 is 26.5 Å². The van der Waals surface area contributed by atoms with E-state index in [1.54, 1.807) is 0 Å². The van der Waals surface area contributed by atoms with E-state index < -0.39 is 91.7 Å². The van der Waals surface area contributed by atoms with Crippen LogP contribution >= 0.6 is 11.3 Å². The fourth-order valence-electron chi connectivity index (χ4n) is 4.19. The first-order chi connectivity index (χ1) is 23.6. The van der Waals surface area contributed by atoms with E-state index >= 15 is 0 Å². The van der Waals surface area contributed by atoms with Gasteiger partial charge in [-0.25, -0.2) is 27.2 Å². The van der Waals surface area contributed by atoms with Gasteiger partial charge in [-0.05, 0) is 38.1 Å². The topological polar surface area (TPSA) is 339 Å². The number of anilines is 1. The fraction of sp³-hybridized carbons (Fsp3) is 0.269. The van der Waals surface area contributed by atoms with Crippen molar-refractivity contribution in [1.82, 2.24) is 29.4 Å². The molecule has 51 heavy (non-hydrogen) atoms. The zero-order chi connectivity index (χ0) is 38.1. The SMILES string of the molecule is CC(C)(ON=C(C(=O)N[C@@H]1C(=O)N(S(=O)(=O)O)[C@H]1CNC(=O)c1ccc(S(=O)(=O)NCc2cc(=O)c(O)cn2O)cc1)c1csc(N)n1)C(=O)O. The highest BCUT2D eigenvalue weighted by molar-refractivity contribution is 7.89. The normalized spacial score (nSPS) is 16.6. The van der Waals surface area contributed by atoms with Gasteiger partial charge in [0.1, 0.15) is 11.7 Å². The number of carboxylic acids is 1. The lowest BCUT2D eigenvalue weighted by molar-refractivity contribution is -0.161. The molecule has 9 N–H and O–H groups in total. The maximum Gasteiger partial charge on any atom is 0.362 e. The van der Waals surface area contributed by atoms with E-state index in [0.717, 1.165) is 55.5 Å². The molecule has 2 aromatic heterocycles. The van der Waals surface area contributed by atoms with Crippen molar-refractivity contribution >= 4 is 66.2 Å². The first-order valence-electron chi connectivity index (χ1n) is 14.0. The molecule has 0 radical (unpaired) electrons. The summed E-state index contributed by atoms with van der Waals surface area (Å²) in [6, 6.07) is 1.75. The van der Waals surface area contributed by atoms with E-state index in [1.807, 2.05) is 0 Å². The molecule has 0 bridgehead atoms. The van der Waals surface area contributed by atoms with Crippen molar-refractivity contribution in [2.45, 2.75) is 43.0 Å². The Hall–Kier alpha value is -5.63. The van der Waals surface area contributed by atoms with Crippen LogP contribution in [0.3, 0.4) is 0 Å². The summed E-state index contributed by atoms with van der Waals surface area (Å²) in [5.74, 6) is -5.61. The highest BCUT2D eigenvalue weighted by atomic mass is 32.2. The summed E-state index contributed by atoms with van der Waals surface area (Å²) in [5, 5.41) is 37.8. The van der Waals surface area contributed by atoms with Crippen molar-refractivity contribution in [2.24, 2.45) is 5.16 Å². The minimum Gasteiger partial charge on any atom is -0.503 e. The summed E-state index contributed by atoms with van der Waals surface area (Å²) in [5.41, 5.74) is 1.66. The predicted molar refractivity (Wildman–Crippen MR) is 172 cm³/mol. The van der Waals surface area contributed by atoms with Gasteiger partial charge < -0.3 is 36.6 Å². The standard InChI is InChI=1S/C26H28N8O14S3/c1-26(2,24(40)41)48-32-19(15-11-49-25(27)30-15)22(38)31-20-16(34(23(20)39)51(45,46)47)9-28-21(37)12-3-5-14(6-4-12)50(43,44)29-8-13-7-17(35)18(36)10-33(13)42/h3-7,10-11,16,20,29,36,42H,8-9H2,1-2H3,(H2,27,30)(H,28,37)(H,31,38)(H,40,41)(H,45,46,47)/t16-,20-/m0/s1. The number of carbonyl (C=O) groups is 4. The van der Waals surface area contributed by atoms with Crippen molar-refractivity contribution < 1.29 is 60.8 Å². The van der Waals surface area contributed by atoms with E-state index in [0.29, 0.717) is 10.9 Å². The van der Waals surface area contributed by atoms with Crippen LogP contribution in [-0.2, 0) is 46.1 Å². The third-order valence-electron chi connectivity index (χ3n) is 7.00. The molecule has 25 heteroatoms. The second kappa shape index (κ2) is 14.3. The molecule has 3 heterocycles. The van der Waals surface area contributed by atoms with Crippen LogP contribution in [0.2, 0.25) is 0 Å². The summed E-state index contributed by atoms with van der Waals surface area (Å²) >= 11 is 0.881. The number of benzene rings is 1. The smallest absolute Gasteiger partial charge is 0.362 e. The fourth-order valence-corrected chi connectivity index (χ4v) is 6.62. The van der Waals surface area contributed by atoms with Crippen molar-refractivity contribution in [3.63, 3.8) is 0 Å². The lowest BCUT2D eigenvalue weighted by atomic mass is 9.98. The second-order valence-corrected chi connectivity index (χ2v) is 14.9. The van der Waals surface area contributed by atoms with E-state index in [-0.39, 0.29) is 31.3 Å². The number of aromatic nitrogens is 2. The Morgan fingerprint density at radius 3 is 2.35 bits per heavy atom. The summed E-state index contributed by atoms with van der Waals surface area (Å²) in [7, 11) is -9.46. The molecule has 0 unspecified atom stereocenters. The highest BCUT2D eigenvalue weighted by Crippen LogP contribution is 2.24. The molecule has 0 saturated carbocycles. The average Bonchev–Trinajstić information content (AvgIpc) is 3.47. The zero-order valence-electron chi connectivity index (χ0n) is 26.1. The first kappa shape index (κ1) is 38.2. The zero-order valence-corrected chi connectivity index (χ0v) is 28.5. The molecule has 3 aromatic rings. The van der Waals surface area contributed by atoms with Gasteiger partial charge in [-0.1, -0.05) is 5.16 Å². The monoisotopic (exact) mass is 772 g/mol. The van der Waals surface area contributed by atoms with Crippen LogP contribution in [0.25, 0.3) is 0 Å². The van der Waals surface area contributed by atoms with Gasteiger partial charge in [0, 0.05) is 23.6 Å². The van der Waals surface area contributed by atoms with E-state index in [9.17, 15) is 60.8 Å². The number of β-lactam (4-membered cyclic amide) rings is 1. The molecule has 0 spiro atoms. The molecule has 1 saturated heterocycles. The molecule has 1 fully saturated rings. The molecule has 0 aliphatic carbocycles. The third-order valence-corrected chi connectivity index (χ3v) is 10.0. The number of amides is 3. The Labute approximate surface area is 291 Å². The summed E-state index contributed by atoms with van der Waals surface area (Å²) in [6.07, 6.45) is 0.676. The molecule has 22 nitrogen and oxygen atoms in total. The molecule has 1 aliphatic heterocycles. The van der Waals surface area contributed by atoms with Gasteiger partial charge in [0.05, 0.1) is 29.4 Å². The van der Waals surface area contributed by atoms with Gasteiger partial charge in [0.25, 0.3) is 17.7 Å². The second-order valence-electron chi connectivity index (χ2n) is 11.0. The molecular weight excluding hydrogens is 745 g/mol. The molecule has 3 amide bonds. The largest absolute Gasteiger partial charge is 0.503 e. The van der Waals surface area contributed by atoms with Gasteiger partial charge >= 0.3 is 16.3 Å². The highest BCUT2D eigenvalue weighted by Gasteiger charge is 2.54. The Balaban J connectivity index is 1.47. The van der Waals surface area contributed by atoms with Crippen molar-refractivity contribution in [3.8, 4) is 5.75 Å². The van der Waals surface area contributed by atoms with Crippen LogP contribution in [-0.4, -0.2) is 104 Å². The van der Waals surface area contributed by atoms with Crippen LogP contribution in [0, 0.1) is 0 Å². The number of rotatable bonds is 14. The van der Waals surface area contributed by atoms with Crippen LogP contribution in [0.15, 0.2) is 56.8 Å². The molecule has 274 valence electrons. The number of pyridine rings is 1. The number of hydrogen-bond acceptors (Lipinski definition) is 16. The Morgan fingerprint density at radius 1 is 1.14 bits per heavy atom. The van der Waals surface area contributed by atoms with Gasteiger partial charge in [0.15, 0.2) is 16.6 Å². The van der Waals surface area contributed by atoms with E-state index in [1.165, 1.54) is 5.38 Å². The summed E-state index contributed by atoms with van der Waals surface area (Å²) in [4.78, 5) is 70.4. The number of nitrogens with one attached hydrogen (secondary N) is 3. The maximum absolute atomic E-state index is 13.2. The number of carboxylic acid groups (broad SMARTS) is 1. The predicted octanol–water partition coefficient (Wildman–Crippen LogP) is -2.18. The van der Waals surface area contributed by atoms with Crippen LogP contribution in [0.4, 0.5) is 5.13 Å². The van der Waals surface area contributed by atoms with Crippen molar-refractivity contribution in [1.29, 1.82) is 0 Å². The average molecular weight is 773 g/mol. The number of thiazole rings is 1. The number of hydrogen-bond donors (Lipinski definition) is 8. The summed E-state index contributed by atoms with van der Waals surface area (Å²) < 4.78 is 61.4. The maximum atomic E-state index is 13.2. The molecule has 1 aromatic carbocycles. The first-order valence-corrected chi connectivity index (χ1v) is 17.7. The third kappa shape index (κ3) is 8.58. The lowest BCUT2D eigenvalue weighted by Gasteiger charge is -2.44. The van der Waals surface area contributed by atoms with E-state index in [4.69, 9.17) is 10.6 Å². The van der Waals surface area contributed by atoms with Gasteiger partial charge in [-0.2, -0.15) is 13.1 Å². The lowest BCUT2D eigenvalue weighted by Crippen LogP contribution is -2.74. The van der Waals surface area contributed by atoms with Crippen LogP contribution in [0.1, 0.15) is 35.6 Å². The van der Waals surface area contributed by atoms with Crippen LogP contribution in [0.5, 0.6) is 5.75 Å². The number of aliphatic carboxylic acids is 1. The quantitative estimate of drug-likeness (QED) is 0.0284. The number of nitrogens with two attached hydrogens (primary N) is 1. The Morgan fingerprint density at radius 2 is 1.78 bits per heavy atom. The summed E-state index contributed by atoms with van der Waals surface area (Å²) in [6.45, 7) is 1.02. The molecular formula is C26H28N8O14S3. The number of carbonyl (C=O) groups excluding carboxylic acids is 3. The van der Waals surface area contributed by atoms with E-state index in [2.05, 4.69) is 25.5 Å². The van der Waals surface area contributed by atoms with Gasteiger partial charge in [-0.15, -0.1) is 11.3 Å². The van der Waals surface area contributed by atoms with Gasteiger partial charge in [0.2, 0.25) is 21.1 Å². The number of nitrogen functional groups attached to an aromatic ring is 1. The molecule has 1 aliphatic rings.